The van der Waals surface area contributed by atoms with Crippen LogP contribution >= 0.6 is 11.6 Å². The molecule has 22 heavy (non-hydrogen) atoms. The molecule has 5 nitrogen and oxygen atoms in total. The van der Waals surface area contributed by atoms with Gasteiger partial charge in [-0.2, -0.15) is 0 Å². The summed E-state index contributed by atoms with van der Waals surface area (Å²) >= 11 is 6.14. The molecule has 6 heteroatoms. The van der Waals surface area contributed by atoms with Gasteiger partial charge < -0.3 is 9.80 Å². The van der Waals surface area contributed by atoms with Gasteiger partial charge in [-0.05, 0) is 31.0 Å². The summed E-state index contributed by atoms with van der Waals surface area (Å²) in [6.45, 7) is 0.534. The Morgan fingerprint density at radius 2 is 2.09 bits per heavy atom. The van der Waals surface area contributed by atoms with Crippen molar-refractivity contribution in [2.75, 3.05) is 13.2 Å². The predicted octanol–water partition coefficient (Wildman–Crippen LogP) is 2.29. The summed E-state index contributed by atoms with van der Waals surface area (Å²) in [7, 11) is 0. The van der Waals surface area contributed by atoms with E-state index in [2.05, 4.69) is 4.98 Å². The van der Waals surface area contributed by atoms with Crippen LogP contribution in [0.5, 0.6) is 0 Å². The number of aromatic nitrogens is 1. The first-order chi connectivity index (χ1) is 10.6. The van der Waals surface area contributed by atoms with Crippen molar-refractivity contribution in [3.05, 3.63) is 41.0 Å². The molecule has 0 N–H and O–H groups in total. The van der Waals surface area contributed by atoms with E-state index in [9.17, 15) is 9.59 Å². The van der Waals surface area contributed by atoms with Crippen molar-refractivity contribution in [3.8, 4) is 0 Å². The molecule has 0 bridgehead atoms. The molecule has 2 aliphatic rings. The Kier molecular flexibility index (Phi) is 3.04. The third-order valence-electron chi connectivity index (χ3n) is 4.20. The molecule has 2 fully saturated rings. The average Bonchev–Trinajstić information content (AvgIpc) is 3.30. The second kappa shape index (κ2) is 4.95. The third-order valence-corrected chi connectivity index (χ3v) is 4.50. The number of rotatable bonds is 2. The quantitative estimate of drug-likeness (QED) is 0.854. The molecule has 2 aromatic rings. The highest BCUT2D eigenvalue weighted by molar-refractivity contribution is 6.35. The Balaban J connectivity index is 1.69. The highest BCUT2D eigenvalue weighted by atomic mass is 35.5. The summed E-state index contributed by atoms with van der Waals surface area (Å²) < 4.78 is 0. The number of pyridine rings is 1. The van der Waals surface area contributed by atoms with Crippen molar-refractivity contribution in [2.24, 2.45) is 0 Å². The fraction of sp³-hybridized carbons (Fsp3) is 0.312. The predicted molar refractivity (Wildman–Crippen MR) is 82.5 cm³/mol. The Labute approximate surface area is 132 Å². The summed E-state index contributed by atoms with van der Waals surface area (Å²) in [5, 5.41) is 1.24. The number of carbonyl (C=O) groups is 2. The van der Waals surface area contributed by atoms with Crippen LogP contribution in [0.4, 0.5) is 0 Å². The molecule has 1 aliphatic carbocycles. The summed E-state index contributed by atoms with van der Waals surface area (Å²) in [4.78, 5) is 32.4. The maximum atomic E-state index is 12.8. The second-order valence-electron chi connectivity index (χ2n) is 5.73. The van der Waals surface area contributed by atoms with E-state index in [1.54, 1.807) is 34.2 Å². The molecule has 1 aliphatic heterocycles. The van der Waals surface area contributed by atoms with Crippen molar-refractivity contribution in [2.45, 2.75) is 18.9 Å². The van der Waals surface area contributed by atoms with Crippen LogP contribution in [0.1, 0.15) is 23.2 Å². The van der Waals surface area contributed by atoms with Gasteiger partial charge in [0.15, 0.2) is 0 Å². The lowest BCUT2D eigenvalue weighted by atomic mass is 10.1. The smallest absolute Gasteiger partial charge is 0.256 e. The van der Waals surface area contributed by atoms with Gasteiger partial charge >= 0.3 is 0 Å². The van der Waals surface area contributed by atoms with Crippen LogP contribution in [0.15, 0.2) is 30.5 Å². The molecule has 0 atom stereocenters. The van der Waals surface area contributed by atoms with Crippen molar-refractivity contribution in [1.29, 1.82) is 0 Å². The van der Waals surface area contributed by atoms with Crippen LogP contribution in [0, 0.1) is 0 Å². The lowest BCUT2D eigenvalue weighted by Crippen LogP contribution is -2.32. The SMILES string of the molecule is O=C(c1ccc(Cl)c2ncccc12)N1CC(=O)N(C2CC2)C1. The number of hydrogen-bond acceptors (Lipinski definition) is 3. The first-order valence-electron chi connectivity index (χ1n) is 7.27. The Hall–Kier alpha value is -2.14. The van der Waals surface area contributed by atoms with Gasteiger partial charge in [-0.15, -0.1) is 0 Å². The highest BCUT2D eigenvalue weighted by Crippen LogP contribution is 2.31. The first kappa shape index (κ1) is 13.5. The molecular weight excluding hydrogens is 302 g/mol. The average molecular weight is 316 g/mol. The van der Waals surface area contributed by atoms with Crippen LogP contribution in [-0.2, 0) is 4.79 Å². The van der Waals surface area contributed by atoms with Crippen LogP contribution in [-0.4, -0.2) is 45.9 Å². The molecule has 4 rings (SSSR count). The van der Waals surface area contributed by atoms with E-state index in [1.807, 2.05) is 6.07 Å². The molecular formula is C16H14ClN3O2. The monoisotopic (exact) mass is 315 g/mol. The normalized spacial score (nSPS) is 18.3. The van der Waals surface area contributed by atoms with E-state index in [1.165, 1.54) is 0 Å². The van der Waals surface area contributed by atoms with Crippen molar-refractivity contribution in [3.63, 3.8) is 0 Å². The molecule has 0 radical (unpaired) electrons. The molecule has 112 valence electrons. The minimum absolute atomic E-state index is 0.0345. The molecule has 1 saturated carbocycles. The van der Waals surface area contributed by atoms with Gasteiger partial charge in [0.05, 0.1) is 17.2 Å². The van der Waals surface area contributed by atoms with Gasteiger partial charge in [-0.25, -0.2) is 0 Å². The number of carbonyl (C=O) groups excluding carboxylic acids is 2. The van der Waals surface area contributed by atoms with E-state index >= 15 is 0 Å². The molecule has 0 unspecified atom stereocenters. The van der Waals surface area contributed by atoms with E-state index in [0.29, 0.717) is 28.8 Å². The van der Waals surface area contributed by atoms with E-state index in [0.717, 1.165) is 18.2 Å². The summed E-state index contributed by atoms with van der Waals surface area (Å²) in [6.07, 6.45) is 3.74. The number of halogens is 1. The third kappa shape index (κ3) is 2.13. The molecule has 1 aromatic heterocycles. The standard InChI is InChI=1S/C16H14ClN3O2/c17-13-6-5-12(11-2-1-7-18-15(11)13)16(22)19-8-14(21)20(9-19)10-3-4-10/h1-2,5-7,10H,3-4,8-9H2. The van der Waals surface area contributed by atoms with Gasteiger partial charge in [0.25, 0.3) is 5.91 Å². The van der Waals surface area contributed by atoms with Crippen LogP contribution in [0.25, 0.3) is 10.9 Å². The number of amides is 2. The number of fused-ring (bicyclic) bond motifs is 1. The van der Waals surface area contributed by atoms with Crippen LogP contribution in [0.3, 0.4) is 0 Å². The largest absolute Gasteiger partial charge is 0.320 e. The van der Waals surface area contributed by atoms with Crippen molar-refractivity contribution in [1.82, 2.24) is 14.8 Å². The lowest BCUT2D eigenvalue weighted by molar-refractivity contribution is -0.127. The number of hydrogen-bond donors (Lipinski definition) is 0. The topological polar surface area (TPSA) is 53.5 Å². The zero-order valence-electron chi connectivity index (χ0n) is 11.8. The van der Waals surface area contributed by atoms with Gasteiger partial charge in [0, 0.05) is 23.2 Å². The maximum absolute atomic E-state index is 12.8. The van der Waals surface area contributed by atoms with Gasteiger partial charge in [0.1, 0.15) is 6.54 Å². The minimum Gasteiger partial charge on any atom is -0.320 e. The Bertz CT molecular complexity index is 788. The lowest BCUT2D eigenvalue weighted by Gasteiger charge is -2.18. The minimum atomic E-state index is -0.147. The zero-order chi connectivity index (χ0) is 15.3. The highest BCUT2D eigenvalue weighted by Gasteiger charge is 2.40. The van der Waals surface area contributed by atoms with Crippen LogP contribution in [0.2, 0.25) is 5.02 Å². The summed E-state index contributed by atoms with van der Waals surface area (Å²) in [5.74, 6) is -0.113. The fourth-order valence-electron chi connectivity index (χ4n) is 2.90. The maximum Gasteiger partial charge on any atom is 0.256 e. The molecule has 1 aromatic carbocycles. The second-order valence-corrected chi connectivity index (χ2v) is 6.14. The molecule has 1 saturated heterocycles. The molecule has 2 heterocycles. The van der Waals surface area contributed by atoms with Gasteiger partial charge in [-0.3, -0.25) is 14.6 Å². The number of nitrogens with zero attached hydrogens (tertiary/aromatic N) is 3. The van der Waals surface area contributed by atoms with E-state index < -0.39 is 0 Å². The Morgan fingerprint density at radius 3 is 2.86 bits per heavy atom. The van der Waals surface area contributed by atoms with Crippen molar-refractivity contribution < 1.29 is 9.59 Å². The zero-order valence-corrected chi connectivity index (χ0v) is 12.6. The van der Waals surface area contributed by atoms with Crippen LogP contribution < -0.4 is 0 Å². The summed E-state index contributed by atoms with van der Waals surface area (Å²) in [5.41, 5.74) is 1.15. The van der Waals surface area contributed by atoms with E-state index in [-0.39, 0.29) is 18.4 Å². The van der Waals surface area contributed by atoms with Gasteiger partial charge in [-0.1, -0.05) is 17.7 Å². The molecule has 2 amide bonds. The number of benzene rings is 1. The fourth-order valence-corrected chi connectivity index (χ4v) is 3.12. The first-order valence-corrected chi connectivity index (χ1v) is 7.65. The Morgan fingerprint density at radius 1 is 1.27 bits per heavy atom. The molecule has 0 spiro atoms. The van der Waals surface area contributed by atoms with Gasteiger partial charge in [0.2, 0.25) is 5.91 Å². The summed E-state index contributed by atoms with van der Waals surface area (Å²) in [6, 6.07) is 7.33. The van der Waals surface area contributed by atoms with Crippen molar-refractivity contribution >= 4 is 34.3 Å². The van der Waals surface area contributed by atoms with E-state index in [4.69, 9.17) is 11.6 Å².